The molecule has 0 aromatic heterocycles. The first-order valence-corrected chi connectivity index (χ1v) is 6.08. The second-order valence-electron chi connectivity index (χ2n) is 3.17. The number of hydrogen-bond acceptors (Lipinski definition) is 4. The zero-order valence-corrected chi connectivity index (χ0v) is 9.17. The van der Waals surface area contributed by atoms with Crippen LogP contribution >= 0.6 is 0 Å². The topological polar surface area (TPSA) is 63.6 Å². The lowest BCUT2D eigenvalue weighted by atomic mass is 10.1. The summed E-state index contributed by atoms with van der Waals surface area (Å²) in [5, 5.41) is 9.40. The molecule has 16 heavy (non-hydrogen) atoms. The monoisotopic (exact) mass is 252 g/mol. The first kappa shape index (κ1) is 13.0. The Morgan fingerprint density at radius 1 is 1.44 bits per heavy atom. The summed E-state index contributed by atoms with van der Waals surface area (Å²) in [6.45, 7) is -0.610. The molecular weight excluding hydrogens is 242 g/mol. The number of rotatable bonds is 4. The van der Waals surface area contributed by atoms with Gasteiger partial charge in [0, 0.05) is 11.6 Å². The van der Waals surface area contributed by atoms with Crippen molar-refractivity contribution >= 4 is 10.1 Å². The molecule has 90 valence electrons. The standard InChI is InChI=1S/C9H10F2O4S/c1-16(13,14)15-5-9(12)7-3-2-6(10)4-8(7)11/h2-4,9,12H,5H2,1H3. The number of halogens is 2. The van der Waals surface area contributed by atoms with Gasteiger partial charge in [-0.05, 0) is 6.07 Å². The SMILES string of the molecule is CS(=O)(=O)OCC(O)c1ccc(F)cc1F. The molecule has 1 aromatic rings. The van der Waals surface area contributed by atoms with E-state index in [1.807, 2.05) is 0 Å². The molecule has 1 aromatic carbocycles. The maximum absolute atomic E-state index is 13.1. The van der Waals surface area contributed by atoms with Crippen molar-refractivity contribution < 1.29 is 26.5 Å². The third-order valence-electron chi connectivity index (χ3n) is 1.76. The van der Waals surface area contributed by atoms with E-state index in [1.54, 1.807) is 0 Å². The van der Waals surface area contributed by atoms with Crippen LogP contribution in [-0.4, -0.2) is 26.4 Å². The van der Waals surface area contributed by atoms with E-state index >= 15 is 0 Å². The second-order valence-corrected chi connectivity index (χ2v) is 4.81. The molecule has 0 spiro atoms. The minimum atomic E-state index is -3.70. The molecule has 0 fully saturated rings. The molecule has 1 atom stereocenters. The maximum Gasteiger partial charge on any atom is 0.264 e. The summed E-state index contributed by atoms with van der Waals surface area (Å²) in [7, 11) is -3.70. The molecular formula is C9H10F2O4S. The number of aliphatic hydroxyl groups is 1. The first-order valence-electron chi connectivity index (χ1n) is 4.27. The van der Waals surface area contributed by atoms with Gasteiger partial charge in [0.1, 0.15) is 17.7 Å². The molecule has 1 rings (SSSR count). The van der Waals surface area contributed by atoms with Crippen LogP contribution in [0.4, 0.5) is 8.78 Å². The van der Waals surface area contributed by atoms with Crippen molar-refractivity contribution in [3.8, 4) is 0 Å². The van der Waals surface area contributed by atoms with Crippen LogP contribution in [0.1, 0.15) is 11.7 Å². The lowest BCUT2D eigenvalue weighted by molar-refractivity contribution is 0.108. The van der Waals surface area contributed by atoms with Crippen molar-refractivity contribution in [2.45, 2.75) is 6.10 Å². The summed E-state index contributed by atoms with van der Waals surface area (Å²) < 4.78 is 51.2. The maximum atomic E-state index is 13.1. The largest absolute Gasteiger partial charge is 0.386 e. The summed E-state index contributed by atoms with van der Waals surface area (Å²) in [6, 6.07) is 2.59. The van der Waals surface area contributed by atoms with Gasteiger partial charge in [0.15, 0.2) is 0 Å². The van der Waals surface area contributed by atoms with Crippen molar-refractivity contribution in [1.82, 2.24) is 0 Å². The molecule has 0 aliphatic rings. The van der Waals surface area contributed by atoms with Crippen molar-refractivity contribution in [2.24, 2.45) is 0 Å². The highest BCUT2D eigenvalue weighted by molar-refractivity contribution is 7.85. The average molecular weight is 252 g/mol. The highest BCUT2D eigenvalue weighted by Gasteiger charge is 2.15. The smallest absolute Gasteiger partial charge is 0.264 e. The predicted molar refractivity (Wildman–Crippen MR) is 52.1 cm³/mol. The van der Waals surface area contributed by atoms with Gasteiger partial charge in [0.05, 0.1) is 12.9 Å². The van der Waals surface area contributed by atoms with Crippen LogP contribution < -0.4 is 0 Å². The van der Waals surface area contributed by atoms with E-state index in [2.05, 4.69) is 4.18 Å². The van der Waals surface area contributed by atoms with E-state index in [-0.39, 0.29) is 5.56 Å². The second kappa shape index (κ2) is 4.86. The van der Waals surface area contributed by atoms with Crippen LogP contribution in [-0.2, 0) is 14.3 Å². The van der Waals surface area contributed by atoms with Gasteiger partial charge in [-0.2, -0.15) is 8.42 Å². The Kier molecular flexibility index (Phi) is 3.95. The Hall–Kier alpha value is -1.05. The van der Waals surface area contributed by atoms with E-state index in [0.717, 1.165) is 18.4 Å². The highest BCUT2D eigenvalue weighted by atomic mass is 32.2. The van der Waals surface area contributed by atoms with Gasteiger partial charge in [0.2, 0.25) is 0 Å². The van der Waals surface area contributed by atoms with Crippen molar-refractivity contribution in [3.05, 3.63) is 35.4 Å². The Morgan fingerprint density at radius 2 is 2.06 bits per heavy atom. The van der Waals surface area contributed by atoms with E-state index in [9.17, 15) is 22.3 Å². The zero-order chi connectivity index (χ0) is 12.3. The van der Waals surface area contributed by atoms with E-state index in [4.69, 9.17) is 0 Å². The van der Waals surface area contributed by atoms with Gasteiger partial charge in [0.25, 0.3) is 10.1 Å². The molecule has 0 radical (unpaired) electrons. The summed E-state index contributed by atoms with van der Waals surface area (Å²) in [4.78, 5) is 0. The van der Waals surface area contributed by atoms with Gasteiger partial charge >= 0.3 is 0 Å². The average Bonchev–Trinajstić information content (AvgIpc) is 2.13. The molecule has 4 nitrogen and oxygen atoms in total. The quantitative estimate of drug-likeness (QED) is 0.811. The van der Waals surface area contributed by atoms with Crippen LogP contribution in [0.25, 0.3) is 0 Å². The molecule has 0 heterocycles. The molecule has 1 unspecified atom stereocenters. The van der Waals surface area contributed by atoms with E-state index in [0.29, 0.717) is 6.07 Å². The molecule has 0 saturated heterocycles. The number of benzene rings is 1. The van der Waals surface area contributed by atoms with Gasteiger partial charge in [-0.1, -0.05) is 6.07 Å². The molecule has 0 aliphatic heterocycles. The Bertz CT molecular complexity index is 472. The van der Waals surface area contributed by atoms with E-state index < -0.39 is 34.5 Å². The molecule has 0 aliphatic carbocycles. The first-order chi connectivity index (χ1) is 7.29. The van der Waals surface area contributed by atoms with Gasteiger partial charge in [-0.3, -0.25) is 4.18 Å². The van der Waals surface area contributed by atoms with E-state index in [1.165, 1.54) is 0 Å². The fraction of sp³-hybridized carbons (Fsp3) is 0.333. The summed E-state index contributed by atoms with van der Waals surface area (Å²) in [5.74, 6) is -1.73. The fourth-order valence-electron chi connectivity index (χ4n) is 1.05. The Balaban J connectivity index is 2.77. The third-order valence-corrected chi connectivity index (χ3v) is 2.33. The van der Waals surface area contributed by atoms with Gasteiger partial charge < -0.3 is 5.11 Å². The van der Waals surface area contributed by atoms with Gasteiger partial charge in [-0.15, -0.1) is 0 Å². The van der Waals surface area contributed by atoms with Crippen LogP contribution in [0.5, 0.6) is 0 Å². The highest BCUT2D eigenvalue weighted by Crippen LogP contribution is 2.18. The van der Waals surface area contributed by atoms with Crippen LogP contribution in [0.15, 0.2) is 18.2 Å². The van der Waals surface area contributed by atoms with Crippen molar-refractivity contribution in [2.75, 3.05) is 12.9 Å². The number of hydrogen-bond donors (Lipinski definition) is 1. The van der Waals surface area contributed by atoms with Crippen LogP contribution in [0, 0.1) is 11.6 Å². The minimum absolute atomic E-state index is 0.218. The summed E-state index contributed by atoms with van der Waals surface area (Å²) in [6.07, 6.45) is -0.656. The van der Waals surface area contributed by atoms with Gasteiger partial charge in [-0.25, -0.2) is 8.78 Å². The van der Waals surface area contributed by atoms with Crippen molar-refractivity contribution in [3.63, 3.8) is 0 Å². The normalized spacial score (nSPS) is 13.8. The van der Waals surface area contributed by atoms with Crippen LogP contribution in [0.3, 0.4) is 0 Å². The zero-order valence-electron chi connectivity index (χ0n) is 8.35. The molecule has 1 N–H and O–H groups in total. The Labute approximate surface area is 91.6 Å². The van der Waals surface area contributed by atoms with Crippen LogP contribution in [0.2, 0.25) is 0 Å². The molecule has 0 amide bonds. The fourth-order valence-corrected chi connectivity index (χ4v) is 1.43. The molecule has 7 heteroatoms. The lowest BCUT2D eigenvalue weighted by Gasteiger charge is -2.11. The number of aliphatic hydroxyl groups excluding tert-OH is 1. The third kappa shape index (κ3) is 3.84. The summed E-state index contributed by atoms with van der Waals surface area (Å²) >= 11 is 0. The predicted octanol–water partition coefficient (Wildman–Crippen LogP) is 0.974. The summed E-state index contributed by atoms with van der Waals surface area (Å²) in [5.41, 5.74) is -0.218. The Morgan fingerprint density at radius 3 is 2.56 bits per heavy atom. The van der Waals surface area contributed by atoms with Crippen molar-refractivity contribution in [1.29, 1.82) is 0 Å². The minimum Gasteiger partial charge on any atom is -0.386 e. The molecule has 0 bridgehead atoms. The lowest BCUT2D eigenvalue weighted by Crippen LogP contribution is -2.13. The molecule has 0 saturated carbocycles.